The molecule has 2 heterocycles. The molecule has 0 unspecified atom stereocenters. The highest BCUT2D eigenvalue weighted by Crippen LogP contribution is 2.32. The first-order valence-corrected chi connectivity index (χ1v) is 9.33. The first kappa shape index (κ1) is 21.3. The molecule has 0 aliphatic heterocycles. The zero-order chi connectivity index (χ0) is 22.1. The summed E-state index contributed by atoms with van der Waals surface area (Å²) in [6.45, 7) is 3.23. The van der Waals surface area contributed by atoms with E-state index in [-0.39, 0.29) is 34.1 Å². The average Bonchev–Trinajstić information content (AvgIpc) is 3.09. The summed E-state index contributed by atoms with van der Waals surface area (Å²) in [4.78, 5) is 25.4. The molecule has 0 aliphatic rings. The van der Waals surface area contributed by atoms with Gasteiger partial charge < -0.3 is 9.84 Å². The maximum Gasteiger partial charge on any atom is 0.259 e. The van der Waals surface area contributed by atoms with Crippen molar-refractivity contribution in [1.29, 1.82) is 5.26 Å². The number of halogens is 1. The molecule has 1 amide bonds. The molecule has 0 aliphatic carbocycles. The molecule has 3 aromatic rings. The van der Waals surface area contributed by atoms with Crippen LogP contribution in [0.4, 0.5) is 5.82 Å². The molecular formula is C21H19ClN4O4. The summed E-state index contributed by atoms with van der Waals surface area (Å²) in [5.74, 6) is -0.0644. The Kier molecular flexibility index (Phi) is 5.78. The Morgan fingerprint density at radius 1 is 1.43 bits per heavy atom. The molecule has 1 N–H and O–H groups in total. The summed E-state index contributed by atoms with van der Waals surface area (Å²) < 4.78 is 6.90. The lowest BCUT2D eigenvalue weighted by molar-refractivity contribution is 0.0283. The minimum atomic E-state index is -1.05. The predicted molar refractivity (Wildman–Crippen MR) is 111 cm³/mol. The third-order valence-corrected chi connectivity index (χ3v) is 4.57. The van der Waals surface area contributed by atoms with Crippen molar-refractivity contribution in [2.45, 2.75) is 19.4 Å². The zero-order valence-electron chi connectivity index (χ0n) is 16.6. The molecule has 2 aromatic heterocycles. The Balaban J connectivity index is 2.05. The Hall–Kier alpha value is -3.41. The maximum atomic E-state index is 13.0. The Bertz CT molecular complexity index is 1170. The quantitative estimate of drug-likeness (QED) is 0.607. The molecule has 0 saturated heterocycles. The SMILES string of the molecule is CN(C(=O)c1ccccc1C=O)c1nn2cc(OCC(C)(C)O)cc(Cl)c2c1C#N. The normalized spacial score (nSPS) is 11.2. The van der Waals surface area contributed by atoms with Crippen LogP contribution in [0.3, 0.4) is 0 Å². The van der Waals surface area contributed by atoms with Crippen LogP contribution in [-0.2, 0) is 0 Å². The summed E-state index contributed by atoms with van der Waals surface area (Å²) >= 11 is 6.35. The summed E-state index contributed by atoms with van der Waals surface area (Å²) in [5, 5.41) is 24.1. The number of anilines is 1. The van der Waals surface area contributed by atoms with Crippen molar-refractivity contribution in [3.8, 4) is 11.8 Å². The van der Waals surface area contributed by atoms with Crippen molar-refractivity contribution in [1.82, 2.24) is 9.61 Å². The summed E-state index contributed by atoms with van der Waals surface area (Å²) in [7, 11) is 1.46. The van der Waals surface area contributed by atoms with Gasteiger partial charge in [0.05, 0.1) is 22.4 Å². The largest absolute Gasteiger partial charge is 0.489 e. The number of hydrogen-bond acceptors (Lipinski definition) is 6. The number of nitrogens with zero attached hydrogens (tertiary/aromatic N) is 4. The summed E-state index contributed by atoms with van der Waals surface area (Å²) in [5.41, 5.74) is -0.206. The van der Waals surface area contributed by atoms with Crippen LogP contribution in [-0.4, -0.2) is 46.2 Å². The van der Waals surface area contributed by atoms with E-state index in [0.29, 0.717) is 17.6 Å². The van der Waals surface area contributed by atoms with E-state index in [1.165, 1.54) is 40.9 Å². The second-order valence-corrected chi connectivity index (χ2v) is 7.70. The number of benzene rings is 1. The van der Waals surface area contributed by atoms with Gasteiger partial charge in [-0.3, -0.25) is 14.5 Å². The van der Waals surface area contributed by atoms with Gasteiger partial charge in [-0.15, -0.1) is 5.10 Å². The van der Waals surface area contributed by atoms with Crippen molar-refractivity contribution >= 4 is 35.1 Å². The molecule has 0 radical (unpaired) electrons. The molecule has 0 spiro atoms. The van der Waals surface area contributed by atoms with Crippen molar-refractivity contribution < 1.29 is 19.4 Å². The fraction of sp³-hybridized carbons (Fsp3) is 0.238. The molecule has 30 heavy (non-hydrogen) atoms. The topological polar surface area (TPSA) is 108 Å². The fourth-order valence-corrected chi connectivity index (χ4v) is 3.13. The van der Waals surface area contributed by atoms with E-state index in [0.717, 1.165) is 0 Å². The first-order valence-electron chi connectivity index (χ1n) is 8.95. The minimum Gasteiger partial charge on any atom is -0.489 e. The van der Waals surface area contributed by atoms with Gasteiger partial charge in [0.1, 0.15) is 29.5 Å². The number of ether oxygens (including phenoxy) is 1. The van der Waals surface area contributed by atoms with Gasteiger partial charge in [-0.1, -0.05) is 29.8 Å². The summed E-state index contributed by atoms with van der Waals surface area (Å²) in [6, 6.07) is 9.91. The van der Waals surface area contributed by atoms with Gasteiger partial charge >= 0.3 is 0 Å². The molecule has 0 atom stereocenters. The number of aromatic nitrogens is 2. The predicted octanol–water partition coefficient (Wildman–Crippen LogP) is 3.10. The van der Waals surface area contributed by atoms with E-state index in [1.807, 2.05) is 6.07 Å². The molecule has 1 aromatic carbocycles. The fourth-order valence-electron chi connectivity index (χ4n) is 2.84. The second-order valence-electron chi connectivity index (χ2n) is 7.30. The van der Waals surface area contributed by atoms with Gasteiger partial charge in [0, 0.05) is 18.7 Å². The molecule has 3 rings (SSSR count). The van der Waals surface area contributed by atoms with Crippen LogP contribution in [0.2, 0.25) is 5.02 Å². The molecule has 0 saturated carbocycles. The third kappa shape index (κ3) is 4.13. The highest BCUT2D eigenvalue weighted by molar-refractivity contribution is 6.34. The Labute approximate surface area is 177 Å². The van der Waals surface area contributed by atoms with Gasteiger partial charge in [-0.2, -0.15) is 5.26 Å². The van der Waals surface area contributed by atoms with Crippen LogP contribution in [0.15, 0.2) is 36.5 Å². The van der Waals surface area contributed by atoms with E-state index in [1.54, 1.807) is 26.0 Å². The lowest BCUT2D eigenvalue weighted by Crippen LogP contribution is -2.28. The zero-order valence-corrected chi connectivity index (χ0v) is 17.3. The third-order valence-electron chi connectivity index (χ3n) is 4.28. The van der Waals surface area contributed by atoms with Gasteiger partial charge in [-0.25, -0.2) is 4.52 Å². The highest BCUT2D eigenvalue weighted by Gasteiger charge is 2.25. The van der Waals surface area contributed by atoms with E-state index >= 15 is 0 Å². The molecule has 0 fully saturated rings. The number of aliphatic hydroxyl groups is 1. The number of hydrogen-bond donors (Lipinski definition) is 1. The molecule has 9 heteroatoms. The van der Waals surface area contributed by atoms with Gasteiger partial charge in [0.2, 0.25) is 0 Å². The Morgan fingerprint density at radius 2 is 2.13 bits per heavy atom. The molecular weight excluding hydrogens is 408 g/mol. The number of carbonyl (C=O) groups excluding carboxylic acids is 2. The minimum absolute atomic E-state index is 0.0228. The van der Waals surface area contributed by atoms with Crippen molar-refractivity contribution in [2.24, 2.45) is 0 Å². The van der Waals surface area contributed by atoms with Gasteiger partial charge in [0.15, 0.2) is 12.1 Å². The van der Waals surface area contributed by atoms with E-state index in [4.69, 9.17) is 16.3 Å². The van der Waals surface area contributed by atoms with Crippen molar-refractivity contribution in [3.63, 3.8) is 0 Å². The number of pyridine rings is 1. The monoisotopic (exact) mass is 426 g/mol. The maximum absolute atomic E-state index is 13.0. The smallest absolute Gasteiger partial charge is 0.259 e. The molecule has 154 valence electrons. The lowest BCUT2D eigenvalue weighted by Gasteiger charge is -2.17. The Morgan fingerprint density at radius 3 is 2.77 bits per heavy atom. The second kappa shape index (κ2) is 8.14. The van der Waals surface area contributed by atoms with Crippen molar-refractivity contribution in [2.75, 3.05) is 18.6 Å². The number of aldehydes is 1. The molecule has 0 bridgehead atoms. The van der Waals surface area contributed by atoms with E-state index in [9.17, 15) is 20.0 Å². The van der Waals surface area contributed by atoms with E-state index in [2.05, 4.69) is 5.10 Å². The van der Waals surface area contributed by atoms with Crippen LogP contribution in [0.1, 0.15) is 40.1 Å². The first-order chi connectivity index (χ1) is 14.2. The highest BCUT2D eigenvalue weighted by atomic mass is 35.5. The number of fused-ring (bicyclic) bond motifs is 1. The van der Waals surface area contributed by atoms with Gasteiger partial charge in [-0.05, 0) is 19.9 Å². The lowest BCUT2D eigenvalue weighted by atomic mass is 10.1. The standard InChI is InChI=1S/C21H19ClN4O4/c1-21(2,29)12-30-14-8-17(22)18-16(9-23)19(24-26(18)10-14)25(3)20(28)15-7-5-4-6-13(15)11-27/h4-8,10-11,29H,12H2,1-3H3. The van der Waals surface area contributed by atoms with Crippen LogP contribution in [0.5, 0.6) is 5.75 Å². The average molecular weight is 427 g/mol. The van der Waals surface area contributed by atoms with Crippen LogP contribution in [0.25, 0.3) is 5.52 Å². The number of amides is 1. The van der Waals surface area contributed by atoms with Gasteiger partial charge in [0.25, 0.3) is 5.91 Å². The van der Waals surface area contributed by atoms with E-state index < -0.39 is 11.5 Å². The number of nitriles is 1. The number of carbonyl (C=O) groups is 2. The summed E-state index contributed by atoms with van der Waals surface area (Å²) in [6.07, 6.45) is 2.11. The van der Waals surface area contributed by atoms with Crippen LogP contribution < -0.4 is 9.64 Å². The number of rotatable bonds is 6. The van der Waals surface area contributed by atoms with Crippen molar-refractivity contribution in [3.05, 3.63) is 58.2 Å². The van der Waals surface area contributed by atoms with Crippen LogP contribution in [0, 0.1) is 11.3 Å². The molecule has 8 nitrogen and oxygen atoms in total. The van der Waals surface area contributed by atoms with Crippen LogP contribution >= 0.6 is 11.6 Å².